The summed E-state index contributed by atoms with van der Waals surface area (Å²) in [5.74, 6) is 0. The van der Waals surface area contributed by atoms with Crippen molar-refractivity contribution in [2.75, 3.05) is 33.3 Å². The van der Waals surface area contributed by atoms with Crippen molar-refractivity contribution in [2.45, 2.75) is 38.8 Å². The molecule has 0 atom stereocenters. The van der Waals surface area contributed by atoms with Gasteiger partial charge in [0, 0.05) is 12.6 Å². The summed E-state index contributed by atoms with van der Waals surface area (Å²) in [7, 11) is 2.19. The molecule has 112 valence electrons. The highest BCUT2D eigenvalue weighted by molar-refractivity contribution is 5.22. The van der Waals surface area contributed by atoms with Crippen molar-refractivity contribution in [1.29, 1.82) is 0 Å². The van der Waals surface area contributed by atoms with Crippen molar-refractivity contribution >= 4 is 0 Å². The molecule has 0 unspecified atom stereocenters. The van der Waals surface area contributed by atoms with Crippen LogP contribution in [0.4, 0.5) is 0 Å². The van der Waals surface area contributed by atoms with Crippen LogP contribution in [0.25, 0.3) is 0 Å². The van der Waals surface area contributed by atoms with Gasteiger partial charge in [-0.2, -0.15) is 0 Å². The lowest BCUT2D eigenvalue weighted by Gasteiger charge is -2.15. The third-order valence-corrected chi connectivity index (χ3v) is 3.89. The SMILES string of the molecule is CCNCCc1ccc(COCCN(C)C2CC2)cc1. The molecule has 3 nitrogen and oxygen atoms in total. The van der Waals surface area contributed by atoms with E-state index in [4.69, 9.17) is 4.74 Å². The van der Waals surface area contributed by atoms with Gasteiger partial charge in [-0.15, -0.1) is 0 Å². The Hall–Kier alpha value is -0.900. The van der Waals surface area contributed by atoms with Gasteiger partial charge in [0.15, 0.2) is 0 Å². The zero-order chi connectivity index (χ0) is 14.2. The molecule has 1 fully saturated rings. The molecular weight excluding hydrogens is 248 g/mol. The van der Waals surface area contributed by atoms with Crippen LogP contribution in [0, 0.1) is 0 Å². The molecule has 0 amide bonds. The Morgan fingerprint density at radius 1 is 1.20 bits per heavy atom. The Balaban J connectivity index is 1.60. The lowest BCUT2D eigenvalue weighted by Crippen LogP contribution is -2.25. The number of hydrogen-bond acceptors (Lipinski definition) is 3. The summed E-state index contributed by atoms with van der Waals surface area (Å²) in [6, 6.07) is 9.63. The predicted molar refractivity (Wildman–Crippen MR) is 84.0 cm³/mol. The summed E-state index contributed by atoms with van der Waals surface area (Å²) < 4.78 is 5.75. The molecule has 3 heteroatoms. The second kappa shape index (κ2) is 8.40. The van der Waals surface area contributed by atoms with Crippen LogP contribution in [0.15, 0.2) is 24.3 Å². The molecular formula is C17H28N2O. The summed E-state index contributed by atoms with van der Waals surface area (Å²) in [4.78, 5) is 2.41. The van der Waals surface area contributed by atoms with Crippen molar-refractivity contribution in [3.05, 3.63) is 35.4 Å². The van der Waals surface area contributed by atoms with E-state index < -0.39 is 0 Å². The Morgan fingerprint density at radius 3 is 2.55 bits per heavy atom. The highest BCUT2D eigenvalue weighted by Gasteiger charge is 2.25. The Labute approximate surface area is 123 Å². The second-order valence-corrected chi connectivity index (χ2v) is 5.68. The molecule has 20 heavy (non-hydrogen) atoms. The maximum Gasteiger partial charge on any atom is 0.0717 e. The Morgan fingerprint density at radius 2 is 1.90 bits per heavy atom. The minimum absolute atomic E-state index is 0.728. The largest absolute Gasteiger partial charge is 0.375 e. The van der Waals surface area contributed by atoms with Crippen LogP contribution in [-0.2, 0) is 17.8 Å². The van der Waals surface area contributed by atoms with Crippen LogP contribution < -0.4 is 5.32 Å². The van der Waals surface area contributed by atoms with Gasteiger partial charge < -0.3 is 15.0 Å². The molecule has 1 saturated carbocycles. The zero-order valence-electron chi connectivity index (χ0n) is 12.9. The Bertz CT molecular complexity index is 373. The molecule has 1 N–H and O–H groups in total. The molecule has 0 aliphatic heterocycles. The maximum absolute atomic E-state index is 5.75. The zero-order valence-corrected chi connectivity index (χ0v) is 12.9. The molecule has 0 aromatic heterocycles. The van der Waals surface area contributed by atoms with E-state index in [-0.39, 0.29) is 0 Å². The van der Waals surface area contributed by atoms with Crippen LogP contribution >= 0.6 is 0 Å². The van der Waals surface area contributed by atoms with E-state index in [1.165, 1.54) is 24.0 Å². The van der Waals surface area contributed by atoms with Crippen molar-refractivity contribution in [3.8, 4) is 0 Å². The fourth-order valence-electron chi connectivity index (χ4n) is 2.31. The number of likely N-dealkylation sites (N-methyl/N-ethyl adjacent to an activating group) is 2. The number of nitrogens with zero attached hydrogens (tertiary/aromatic N) is 1. The molecule has 2 rings (SSSR count). The second-order valence-electron chi connectivity index (χ2n) is 5.68. The fraction of sp³-hybridized carbons (Fsp3) is 0.647. The minimum atomic E-state index is 0.728. The number of hydrogen-bond donors (Lipinski definition) is 1. The quantitative estimate of drug-likeness (QED) is 0.664. The van der Waals surface area contributed by atoms with E-state index in [9.17, 15) is 0 Å². The predicted octanol–water partition coefficient (Wildman–Crippen LogP) is 2.45. The number of rotatable bonds is 10. The van der Waals surface area contributed by atoms with Crippen LogP contribution in [0.1, 0.15) is 30.9 Å². The van der Waals surface area contributed by atoms with Gasteiger partial charge >= 0.3 is 0 Å². The van der Waals surface area contributed by atoms with Gasteiger partial charge in [0.25, 0.3) is 0 Å². The van der Waals surface area contributed by atoms with Gasteiger partial charge in [-0.3, -0.25) is 0 Å². The average Bonchev–Trinajstić information content (AvgIpc) is 3.30. The van der Waals surface area contributed by atoms with Crippen LogP contribution in [-0.4, -0.2) is 44.2 Å². The monoisotopic (exact) mass is 276 g/mol. The number of ether oxygens (including phenoxy) is 1. The lowest BCUT2D eigenvalue weighted by atomic mass is 10.1. The summed E-state index contributed by atoms with van der Waals surface area (Å²) in [5, 5.41) is 3.35. The highest BCUT2D eigenvalue weighted by atomic mass is 16.5. The topological polar surface area (TPSA) is 24.5 Å². The molecule has 0 bridgehead atoms. The normalized spacial score (nSPS) is 14.9. The van der Waals surface area contributed by atoms with Crippen molar-refractivity contribution in [3.63, 3.8) is 0 Å². The van der Waals surface area contributed by atoms with Gasteiger partial charge in [-0.25, -0.2) is 0 Å². The van der Waals surface area contributed by atoms with Crippen LogP contribution in [0.5, 0.6) is 0 Å². The highest BCUT2D eigenvalue weighted by Crippen LogP contribution is 2.24. The number of benzene rings is 1. The number of nitrogens with one attached hydrogen (secondary N) is 1. The van der Waals surface area contributed by atoms with Crippen molar-refractivity contribution in [2.24, 2.45) is 0 Å². The van der Waals surface area contributed by atoms with E-state index >= 15 is 0 Å². The summed E-state index contributed by atoms with van der Waals surface area (Å²) in [6.07, 6.45) is 3.83. The van der Waals surface area contributed by atoms with Crippen molar-refractivity contribution in [1.82, 2.24) is 10.2 Å². The average molecular weight is 276 g/mol. The molecule has 1 aromatic rings. The van der Waals surface area contributed by atoms with Gasteiger partial charge in [-0.05, 0) is 50.5 Å². The van der Waals surface area contributed by atoms with Crippen LogP contribution in [0.3, 0.4) is 0 Å². The molecule has 0 heterocycles. The van der Waals surface area contributed by atoms with Crippen molar-refractivity contribution < 1.29 is 4.74 Å². The first-order valence-corrected chi connectivity index (χ1v) is 7.86. The third kappa shape index (κ3) is 5.61. The minimum Gasteiger partial charge on any atom is -0.375 e. The van der Waals surface area contributed by atoms with E-state index in [2.05, 4.69) is 48.5 Å². The maximum atomic E-state index is 5.75. The Kier molecular flexibility index (Phi) is 6.51. The molecule has 0 spiro atoms. The first-order valence-electron chi connectivity index (χ1n) is 7.86. The van der Waals surface area contributed by atoms with Gasteiger partial charge in [0.2, 0.25) is 0 Å². The van der Waals surface area contributed by atoms with Gasteiger partial charge in [-0.1, -0.05) is 31.2 Å². The molecule has 0 radical (unpaired) electrons. The lowest BCUT2D eigenvalue weighted by molar-refractivity contribution is 0.0978. The van der Waals surface area contributed by atoms with Crippen LogP contribution in [0.2, 0.25) is 0 Å². The van der Waals surface area contributed by atoms with Gasteiger partial charge in [0.05, 0.1) is 13.2 Å². The van der Waals surface area contributed by atoms with E-state index in [1.807, 2.05) is 0 Å². The first kappa shape index (κ1) is 15.5. The fourth-order valence-corrected chi connectivity index (χ4v) is 2.31. The molecule has 1 aliphatic rings. The standard InChI is InChI=1S/C17H28N2O/c1-3-18-11-10-15-4-6-16(7-5-15)14-20-13-12-19(2)17-8-9-17/h4-7,17-18H,3,8-14H2,1-2H3. The van der Waals surface area contributed by atoms with Gasteiger partial charge in [0.1, 0.15) is 0 Å². The van der Waals surface area contributed by atoms with E-state index in [1.54, 1.807) is 0 Å². The molecule has 0 saturated heterocycles. The first-order chi connectivity index (χ1) is 9.79. The summed E-state index contributed by atoms with van der Waals surface area (Å²) in [6.45, 7) is 6.84. The van der Waals surface area contributed by atoms with E-state index in [0.29, 0.717) is 0 Å². The molecule has 1 aromatic carbocycles. The third-order valence-electron chi connectivity index (χ3n) is 3.89. The smallest absolute Gasteiger partial charge is 0.0717 e. The van der Waals surface area contributed by atoms with E-state index in [0.717, 1.165) is 45.3 Å². The molecule has 1 aliphatic carbocycles. The summed E-state index contributed by atoms with van der Waals surface area (Å²) in [5.41, 5.74) is 2.66. The summed E-state index contributed by atoms with van der Waals surface area (Å²) >= 11 is 0.